The Kier molecular flexibility index (Phi) is 62.7. The molecule has 0 aromatic heterocycles. The maximum atomic E-state index is 12.9. The van der Waals surface area contributed by atoms with Gasteiger partial charge in [0.15, 0.2) is 6.10 Å². The van der Waals surface area contributed by atoms with Crippen LogP contribution < -0.4 is 0 Å². The highest BCUT2D eigenvalue weighted by Crippen LogP contribution is 2.17. The Labute approximate surface area is 483 Å². The van der Waals surface area contributed by atoms with E-state index < -0.39 is 6.10 Å². The molecule has 0 N–H and O–H groups in total. The van der Waals surface area contributed by atoms with E-state index in [9.17, 15) is 14.4 Å². The molecular formula is C72H124O6. The fourth-order valence-electron chi connectivity index (χ4n) is 9.36. The second kappa shape index (κ2) is 65.8. The normalized spacial score (nSPS) is 12.7. The maximum Gasteiger partial charge on any atom is 0.306 e. The molecule has 0 bridgehead atoms. The highest BCUT2D eigenvalue weighted by atomic mass is 16.6. The summed E-state index contributed by atoms with van der Waals surface area (Å²) in [5.41, 5.74) is 0. The Morgan fingerprint density at radius 3 is 0.808 bits per heavy atom. The Bertz CT molecular complexity index is 1530. The van der Waals surface area contributed by atoms with Crippen LogP contribution in [0.4, 0.5) is 0 Å². The van der Waals surface area contributed by atoms with E-state index in [0.29, 0.717) is 19.3 Å². The van der Waals surface area contributed by atoms with Crippen LogP contribution in [0.25, 0.3) is 0 Å². The summed E-state index contributed by atoms with van der Waals surface area (Å²) in [5.74, 6) is -0.911. The molecule has 1 unspecified atom stereocenters. The van der Waals surface area contributed by atoms with Gasteiger partial charge in [0.2, 0.25) is 0 Å². The van der Waals surface area contributed by atoms with Crippen LogP contribution in [0.5, 0.6) is 0 Å². The molecule has 0 saturated heterocycles. The summed E-state index contributed by atoms with van der Waals surface area (Å²) in [6.45, 7) is 6.53. The number of allylic oxidation sites excluding steroid dienone is 16. The van der Waals surface area contributed by atoms with Gasteiger partial charge in [-0.15, -0.1) is 0 Å². The monoisotopic (exact) mass is 1080 g/mol. The van der Waals surface area contributed by atoms with Crippen LogP contribution in [0.1, 0.15) is 323 Å². The van der Waals surface area contributed by atoms with Crippen molar-refractivity contribution >= 4 is 17.9 Å². The fraction of sp³-hybridized carbons (Fsp3) is 0.736. The Balaban J connectivity index is 4.43. The molecule has 0 rings (SSSR count). The summed E-state index contributed by atoms with van der Waals surface area (Å²) in [6, 6.07) is 0. The van der Waals surface area contributed by atoms with Crippen LogP contribution in [0, 0.1) is 0 Å². The first-order valence-electron chi connectivity index (χ1n) is 33.2. The number of rotatable bonds is 60. The molecule has 0 fully saturated rings. The molecule has 0 aliphatic rings. The average molecular weight is 1090 g/mol. The van der Waals surface area contributed by atoms with E-state index in [2.05, 4.69) is 118 Å². The molecule has 6 nitrogen and oxygen atoms in total. The first kappa shape index (κ1) is 74.3. The van der Waals surface area contributed by atoms with Crippen molar-refractivity contribution in [1.29, 1.82) is 0 Å². The van der Waals surface area contributed by atoms with Crippen molar-refractivity contribution < 1.29 is 28.6 Å². The number of hydrogen-bond acceptors (Lipinski definition) is 6. The number of hydrogen-bond donors (Lipinski definition) is 0. The first-order valence-corrected chi connectivity index (χ1v) is 33.2. The SMILES string of the molecule is CC/C=C\C/C=C\C/C=C\C/C=C\C/C=C\C/C=C\C/C=C\CCCCCC(=O)OCC(COC(=O)CCCCCCCCC/C=C\CCCCCCCC)OC(=O)CCCCCCCCCCCCCCCCCCCC. The van der Waals surface area contributed by atoms with Crippen molar-refractivity contribution in [2.45, 2.75) is 329 Å². The van der Waals surface area contributed by atoms with Crippen LogP contribution >= 0.6 is 0 Å². The topological polar surface area (TPSA) is 78.9 Å². The lowest BCUT2D eigenvalue weighted by molar-refractivity contribution is -0.167. The van der Waals surface area contributed by atoms with Crippen molar-refractivity contribution in [3.63, 3.8) is 0 Å². The van der Waals surface area contributed by atoms with Gasteiger partial charge in [0, 0.05) is 19.3 Å². The van der Waals surface area contributed by atoms with Crippen LogP contribution in [0.3, 0.4) is 0 Å². The predicted molar refractivity (Wildman–Crippen MR) is 339 cm³/mol. The zero-order valence-electron chi connectivity index (χ0n) is 51.4. The molecule has 0 radical (unpaired) electrons. The molecule has 0 aliphatic carbocycles. The van der Waals surface area contributed by atoms with Gasteiger partial charge in [-0.3, -0.25) is 14.4 Å². The molecule has 0 heterocycles. The first-order chi connectivity index (χ1) is 38.5. The summed E-state index contributed by atoms with van der Waals surface area (Å²) in [5, 5.41) is 0. The van der Waals surface area contributed by atoms with Gasteiger partial charge in [0.1, 0.15) is 13.2 Å². The van der Waals surface area contributed by atoms with Gasteiger partial charge >= 0.3 is 17.9 Å². The summed E-state index contributed by atoms with van der Waals surface area (Å²) in [7, 11) is 0. The van der Waals surface area contributed by atoms with Gasteiger partial charge < -0.3 is 14.2 Å². The third-order valence-corrected chi connectivity index (χ3v) is 14.3. The average Bonchev–Trinajstić information content (AvgIpc) is 3.44. The second-order valence-corrected chi connectivity index (χ2v) is 22.0. The van der Waals surface area contributed by atoms with E-state index in [4.69, 9.17) is 14.2 Å². The minimum atomic E-state index is -0.794. The molecule has 0 aromatic rings. The van der Waals surface area contributed by atoms with E-state index in [1.807, 2.05) is 0 Å². The van der Waals surface area contributed by atoms with Crippen molar-refractivity contribution in [3.8, 4) is 0 Å². The summed E-state index contributed by atoms with van der Waals surface area (Å²) < 4.78 is 16.9. The van der Waals surface area contributed by atoms with E-state index in [0.717, 1.165) is 109 Å². The number of esters is 3. The zero-order valence-corrected chi connectivity index (χ0v) is 51.4. The molecular weight excluding hydrogens is 961 g/mol. The van der Waals surface area contributed by atoms with Crippen LogP contribution in [0.15, 0.2) is 97.2 Å². The van der Waals surface area contributed by atoms with E-state index in [1.54, 1.807) is 0 Å². The van der Waals surface area contributed by atoms with Gasteiger partial charge in [-0.1, -0.05) is 298 Å². The van der Waals surface area contributed by atoms with E-state index in [-0.39, 0.29) is 31.1 Å². The van der Waals surface area contributed by atoms with Gasteiger partial charge in [0.05, 0.1) is 0 Å². The predicted octanol–water partition coefficient (Wildman–Crippen LogP) is 22.8. The number of unbranched alkanes of at least 4 members (excludes halogenated alkanes) is 33. The van der Waals surface area contributed by atoms with Gasteiger partial charge in [-0.05, 0) is 103 Å². The van der Waals surface area contributed by atoms with Crippen LogP contribution in [-0.4, -0.2) is 37.2 Å². The zero-order chi connectivity index (χ0) is 56.4. The summed E-state index contributed by atoms with van der Waals surface area (Å²) >= 11 is 0. The quantitative estimate of drug-likeness (QED) is 0.0261. The smallest absolute Gasteiger partial charge is 0.306 e. The lowest BCUT2D eigenvalue weighted by Gasteiger charge is -2.18. The third-order valence-electron chi connectivity index (χ3n) is 14.3. The largest absolute Gasteiger partial charge is 0.462 e. The molecule has 6 heteroatoms. The molecule has 0 spiro atoms. The van der Waals surface area contributed by atoms with Crippen molar-refractivity contribution in [3.05, 3.63) is 97.2 Å². The highest BCUT2D eigenvalue weighted by Gasteiger charge is 2.19. The second-order valence-electron chi connectivity index (χ2n) is 22.0. The molecule has 0 amide bonds. The summed E-state index contributed by atoms with van der Waals surface area (Å²) in [6.07, 6.45) is 88.4. The Morgan fingerprint density at radius 1 is 0.269 bits per heavy atom. The van der Waals surface area contributed by atoms with E-state index in [1.165, 1.54) is 173 Å². The van der Waals surface area contributed by atoms with Gasteiger partial charge in [-0.25, -0.2) is 0 Å². The molecule has 1 atom stereocenters. The highest BCUT2D eigenvalue weighted by molar-refractivity contribution is 5.71. The van der Waals surface area contributed by atoms with E-state index >= 15 is 0 Å². The van der Waals surface area contributed by atoms with Crippen molar-refractivity contribution in [2.24, 2.45) is 0 Å². The molecule has 0 aliphatic heterocycles. The van der Waals surface area contributed by atoms with Crippen LogP contribution in [-0.2, 0) is 28.6 Å². The number of carbonyl (C=O) groups excluding carboxylic acids is 3. The van der Waals surface area contributed by atoms with Gasteiger partial charge in [0.25, 0.3) is 0 Å². The number of ether oxygens (including phenoxy) is 3. The minimum Gasteiger partial charge on any atom is -0.462 e. The standard InChI is InChI=1S/C72H124O6/c1-4-7-10-13-16-19-22-25-28-31-33-34-35-36-37-38-39-42-44-47-50-53-56-59-62-65-71(74)77-68-69(67-76-70(73)64-61-58-55-52-49-46-43-40-30-27-24-21-18-15-12-9-6-3)78-72(75)66-63-60-57-54-51-48-45-41-32-29-26-23-20-17-14-11-8-5-2/h7,10,16,19,25,27-28,30,33-34,36-37,39,42,47,50,69H,4-6,8-9,11-15,17-18,20-24,26,29,31-32,35,38,40-41,43-46,48-49,51-68H2,1-3H3/b10-7-,19-16-,28-25-,30-27-,34-33-,37-36-,42-39-,50-47-. The fourth-order valence-corrected chi connectivity index (χ4v) is 9.36. The maximum absolute atomic E-state index is 12.9. The minimum absolute atomic E-state index is 0.0880. The lowest BCUT2D eigenvalue weighted by Crippen LogP contribution is -2.30. The number of carbonyl (C=O) groups is 3. The van der Waals surface area contributed by atoms with Gasteiger partial charge in [-0.2, -0.15) is 0 Å². The molecule has 448 valence electrons. The third kappa shape index (κ3) is 63.2. The Morgan fingerprint density at radius 2 is 0.500 bits per heavy atom. The Hall–Kier alpha value is -3.67. The molecule has 78 heavy (non-hydrogen) atoms. The molecule has 0 aromatic carbocycles. The lowest BCUT2D eigenvalue weighted by atomic mass is 10.0. The summed E-state index contributed by atoms with van der Waals surface area (Å²) in [4.78, 5) is 38.4. The van der Waals surface area contributed by atoms with Crippen molar-refractivity contribution in [2.75, 3.05) is 13.2 Å². The van der Waals surface area contributed by atoms with Crippen LogP contribution in [0.2, 0.25) is 0 Å². The van der Waals surface area contributed by atoms with Crippen molar-refractivity contribution in [1.82, 2.24) is 0 Å². The molecule has 0 saturated carbocycles.